The molecule has 3 aliphatic rings. The van der Waals surface area contributed by atoms with Crippen LogP contribution in [0.25, 0.3) is 10.8 Å². The Morgan fingerprint density at radius 2 is 2.00 bits per heavy atom. The molecule has 2 aromatic heterocycles. The quantitative estimate of drug-likeness (QED) is 0.381. The van der Waals surface area contributed by atoms with Crippen LogP contribution in [-0.2, 0) is 26.2 Å². The molecule has 8 nitrogen and oxygen atoms in total. The van der Waals surface area contributed by atoms with Crippen LogP contribution in [0.5, 0.6) is 5.88 Å². The van der Waals surface area contributed by atoms with Gasteiger partial charge in [-0.3, -0.25) is 4.79 Å². The van der Waals surface area contributed by atoms with Crippen molar-refractivity contribution in [1.82, 2.24) is 14.9 Å². The highest BCUT2D eigenvalue weighted by molar-refractivity contribution is 7.13. The molecule has 9 heteroatoms. The van der Waals surface area contributed by atoms with Crippen LogP contribution in [0.15, 0.2) is 35.8 Å². The van der Waals surface area contributed by atoms with Gasteiger partial charge in [-0.1, -0.05) is 45.2 Å². The summed E-state index contributed by atoms with van der Waals surface area (Å²) in [7, 11) is 1.38. The molecule has 1 N–H and O–H groups in total. The summed E-state index contributed by atoms with van der Waals surface area (Å²) in [6.07, 6.45) is 10.1. The third-order valence-electron chi connectivity index (χ3n) is 9.22. The van der Waals surface area contributed by atoms with Crippen LogP contribution in [-0.4, -0.2) is 58.6 Å². The number of carbonyl (C=O) groups is 2. The fourth-order valence-corrected chi connectivity index (χ4v) is 7.70. The van der Waals surface area contributed by atoms with Gasteiger partial charge in [-0.2, -0.15) is 0 Å². The molecule has 1 amide bonds. The van der Waals surface area contributed by atoms with Crippen molar-refractivity contribution in [3.63, 3.8) is 0 Å². The zero-order chi connectivity index (χ0) is 28.6. The molecule has 3 aromatic rings. The maximum atomic E-state index is 14.4. The predicted molar refractivity (Wildman–Crippen MR) is 160 cm³/mol. The lowest BCUT2D eigenvalue weighted by molar-refractivity contribution is -0.151. The van der Waals surface area contributed by atoms with Crippen LogP contribution in [0.1, 0.15) is 76.5 Å². The molecule has 41 heavy (non-hydrogen) atoms. The standard InChI is InChI=1S/C32H40N4O4S/c1-32(2)14-7-8-20-11-12-21-13-15-33-28(24(21)16-20)40-23-17-25(30(38)39-3)36(18-23)29(37)27(22-9-5-4-6-10-22)35-31-34-26(32)19-41-31/h11-13,15-16,19,22-23,25,27H,4-10,14,17-18H2,1-3H3,(H,34,35)/t23-,25+,27+/m1/s1. The van der Waals surface area contributed by atoms with Gasteiger partial charge in [0.25, 0.3) is 0 Å². The number of ether oxygens (including phenoxy) is 2. The Bertz CT molecular complexity index is 1420. The van der Waals surface area contributed by atoms with Gasteiger partial charge in [-0.25, -0.2) is 14.8 Å². The number of nitrogens with one attached hydrogen (secondary N) is 1. The van der Waals surface area contributed by atoms with Crippen LogP contribution in [0.3, 0.4) is 0 Å². The predicted octanol–water partition coefficient (Wildman–Crippen LogP) is 5.89. The third-order valence-corrected chi connectivity index (χ3v) is 10.00. The van der Waals surface area contributed by atoms with Crippen LogP contribution in [0, 0.1) is 5.92 Å². The van der Waals surface area contributed by atoms with Crippen molar-refractivity contribution in [2.24, 2.45) is 5.92 Å². The smallest absolute Gasteiger partial charge is 0.328 e. The van der Waals surface area contributed by atoms with E-state index < -0.39 is 18.1 Å². The molecule has 4 heterocycles. The molecule has 2 aliphatic heterocycles. The van der Waals surface area contributed by atoms with Gasteiger partial charge in [0.15, 0.2) is 5.13 Å². The number of anilines is 1. The summed E-state index contributed by atoms with van der Waals surface area (Å²) in [5.74, 6) is 0.233. The molecule has 218 valence electrons. The normalized spacial score (nSPS) is 25.3. The van der Waals surface area contributed by atoms with E-state index in [1.807, 2.05) is 6.07 Å². The summed E-state index contributed by atoms with van der Waals surface area (Å²) in [6.45, 7) is 4.79. The number of rotatable bonds is 2. The van der Waals surface area contributed by atoms with Gasteiger partial charge in [-0.05, 0) is 61.1 Å². The van der Waals surface area contributed by atoms with Crippen LogP contribution >= 0.6 is 11.3 Å². The van der Waals surface area contributed by atoms with Gasteiger partial charge in [0.2, 0.25) is 11.8 Å². The summed E-state index contributed by atoms with van der Waals surface area (Å²) in [4.78, 5) is 38.6. The fraction of sp³-hybridized carbons (Fsp3) is 0.562. The zero-order valence-corrected chi connectivity index (χ0v) is 25.0. The third kappa shape index (κ3) is 5.78. The molecule has 6 bridgehead atoms. The first-order valence-corrected chi connectivity index (χ1v) is 15.9. The van der Waals surface area contributed by atoms with E-state index in [0.29, 0.717) is 18.8 Å². The van der Waals surface area contributed by atoms with Crippen molar-refractivity contribution in [2.45, 2.75) is 95.2 Å². The second-order valence-electron chi connectivity index (χ2n) is 12.5. The van der Waals surface area contributed by atoms with E-state index in [1.165, 1.54) is 19.1 Å². The van der Waals surface area contributed by atoms with Crippen molar-refractivity contribution in [3.8, 4) is 5.88 Å². The Balaban J connectivity index is 1.40. The average molecular weight is 577 g/mol. The van der Waals surface area contributed by atoms with E-state index >= 15 is 0 Å². The molecule has 1 aromatic carbocycles. The molecule has 1 aliphatic carbocycles. The number of esters is 1. The molecular weight excluding hydrogens is 536 g/mol. The Labute approximate surface area is 245 Å². The number of aryl methyl sites for hydroxylation is 1. The van der Waals surface area contributed by atoms with Crippen molar-refractivity contribution < 1.29 is 19.1 Å². The molecule has 0 unspecified atom stereocenters. The highest BCUT2D eigenvalue weighted by Gasteiger charge is 2.45. The number of hydrogen-bond acceptors (Lipinski definition) is 8. The van der Waals surface area contributed by atoms with Crippen molar-refractivity contribution in [1.29, 1.82) is 0 Å². The van der Waals surface area contributed by atoms with Crippen LogP contribution in [0.2, 0.25) is 0 Å². The van der Waals surface area contributed by atoms with Crippen molar-refractivity contribution >= 4 is 39.1 Å². The molecule has 0 radical (unpaired) electrons. The number of hydrogen-bond donors (Lipinski definition) is 1. The topological polar surface area (TPSA) is 93.7 Å². The number of fused-ring (bicyclic) bond motifs is 5. The molecule has 1 saturated carbocycles. The number of nitrogens with zero attached hydrogens (tertiary/aromatic N) is 3. The monoisotopic (exact) mass is 576 g/mol. The Hall–Kier alpha value is -3.20. The minimum absolute atomic E-state index is 0.0799. The van der Waals surface area contributed by atoms with E-state index in [0.717, 1.165) is 66.5 Å². The van der Waals surface area contributed by atoms with Gasteiger partial charge in [0.05, 0.1) is 19.3 Å². The summed E-state index contributed by atoms with van der Waals surface area (Å²) < 4.78 is 11.7. The molecule has 1 saturated heterocycles. The lowest BCUT2D eigenvalue weighted by atomic mass is 9.83. The SMILES string of the molecule is COC(=O)[C@@H]1C[C@@H]2CN1C(=O)[C@H](C1CCCCC1)Nc1nc(cs1)C(C)(C)CCCc1ccc3ccnc(c3c1)O2. The second kappa shape index (κ2) is 11.6. The van der Waals surface area contributed by atoms with Gasteiger partial charge < -0.3 is 19.7 Å². The Morgan fingerprint density at radius 3 is 2.80 bits per heavy atom. The van der Waals surface area contributed by atoms with Crippen molar-refractivity contribution in [2.75, 3.05) is 19.0 Å². The van der Waals surface area contributed by atoms with Crippen LogP contribution in [0.4, 0.5) is 5.13 Å². The number of methoxy groups -OCH3 is 1. The first kappa shape index (κ1) is 27.9. The van der Waals surface area contributed by atoms with Crippen molar-refractivity contribution in [3.05, 3.63) is 47.1 Å². The number of pyridine rings is 1. The average Bonchev–Trinajstić information content (AvgIpc) is 3.63. The first-order valence-electron chi connectivity index (χ1n) is 15.0. The Morgan fingerprint density at radius 1 is 1.17 bits per heavy atom. The number of carbonyl (C=O) groups excluding carboxylic acids is 2. The molecule has 3 atom stereocenters. The van der Waals surface area contributed by atoms with Gasteiger partial charge in [-0.15, -0.1) is 11.3 Å². The maximum Gasteiger partial charge on any atom is 0.328 e. The van der Waals surface area contributed by atoms with Gasteiger partial charge in [0, 0.05) is 28.8 Å². The van der Waals surface area contributed by atoms with E-state index in [4.69, 9.17) is 14.5 Å². The summed E-state index contributed by atoms with van der Waals surface area (Å²) in [6, 6.07) is 7.30. The summed E-state index contributed by atoms with van der Waals surface area (Å²) in [5.41, 5.74) is 2.18. The lowest BCUT2D eigenvalue weighted by Gasteiger charge is -2.34. The van der Waals surface area contributed by atoms with E-state index in [2.05, 4.69) is 47.7 Å². The zero-order valence-electron chi connectivity index (χ0n) is 24.2. The second-order valence-corrected chi connectivity index (χ2v) is 13.3. The van der Waals surface area contributed by atoms with Gasteiger partial charge >= 0.3 is 5.97 Å². The highest BCUT2D eigenvalue weighted by Crippen LogP contribution is 2.36. The number of thiazole rings is 1. The molecular formula is C32H40N4O4S. The van der Waals surface area contributed by atoms with E-state index in [-0.39, 0.29) is 23.3 Å². The summed E-state index contributed by atoms with van der Waals surface area (Å²) in [5, 5.41) is 8.46. The highest BCUT2D eigenvalue weighted by atomic mass is 32.1. The maximum absolute atomic E-state index is 14.4. The first-order chi connectivity index (χ1) is 19.8. The van der Waals surface area contributed by atoms with Crippen LogP contribution < -0.4 is 10.1 Å². The molecule has 0 spiro atoms. The lowest BCUT2D eigenvalue weighted by Crippen LogP contribution is -2.51. The molecule has 6 rings (SSSR count). The van der Waals surface area contributed by atoms with Gasteiger partial charge in [0.1, 0.15) is 18.2 Å². The van der Waals surface area contributed by atoms with E-state index in [1.54, 1.807) is 22.4 Å². The summed E-state index contributed by atoms with van der Waals surface area (Å²) >= 11 is 1.56. The largest absolute Gasteiger partial charge is 0.472 e. The van der Waals surface area contributed by atoms with E-state index in [9.17, 15) is 9.59 Å². The fourth-order valence-electron chi connectivity index (χ4n) is 6.76. The number of benzene rings is 1. The number of amides is 1. The minimum atomic E-state index is -0.705. The minimum Gasteiger partial charge on any atom is -0.472 e. The number of aromatic nitrogens is 2. The molecule has 2 fully saturated rings. The Kier molecular flexibility index (Phi) is 7.90.